The molecule has 0 spiro atoms. The zero-order valence-electron chi connectivity index (χ0n) is 11.3. The highest BCUT2D eigenvalue weighted by Crippen LogP contribution is 2.17. The van der Waals surface area contributed by atoms with Crippen LogP contribution in [-0.4, -0.2) is 39.7 Å². The summed E-state index contributed by atoms with van der Waals surface area (Å²) in [5.74, 6) is 2.18. The third kappa shape index (κ3) is 3.62. The number of halogens is 2. The minimum Gasteiger partial charge on any atom is -0.341 e. The summed E-state index contributed by atoms with van der Waals surface area (Å²) in [6, 6.07) is 4.27. The number of aromatic nitrogens is 2. The Kier molecular flexibility index (Phi) is 5.08. The van der Waals surface area contributed by atoms with Gasteiger partial charge in [-0.15, -0.1) is 23.2 Å². The van der Waals surface area contributed by atoms with Gasteiger partial charge in [-0.05, 0) is 37.1 Å². The molecule has 0 radical (unpaired) electrons. The average Bonchev–Trinajstić information content (AvgIpc) is 2.72. The van der Waals surface area contributed by atoms with Gasteiger partial charge in [0.15, 0.2) is 0 Å². The van der Waals surface area contributed by atoms with Gasteiger partial charge in [-0.1, -0.05) is 0 Å². The number of hydrogen-bond donors (Lipinski definition) is 1. The second-order valence-corrected chi connectivity index (χ2v) is 5.55. The molecule has 1 heterocycles. The van der Waals surface area contributed by atoms with Crippen LogP contribution in [0, 0.1) is 13.8 Å². The molecule has 0 aliphatic heterocycles. The lowest BCUT2D eigenvalue weighted by Gasteiger charge is -2.18. The van der Waals surface area contributed by atoms with E-state index in [0.29, 0.717) is 11.8 Å². The summed E-state index contributed by atoms with van der Waals surface area (Å²) < 4.78 is 0. The monoisotopic (exact) mass is 299 g/mol. The van der Waals surface area contributed by atoms with Crippen LogP contribution >= 0.6 is 23.2 Å². The fourth-order valence-corrected chi connectivity index (χ4v) is 2.60. The molecule has 2 aromatic rings. The first kappa shape index (κ1) is 14.6. The van der Waals surface area contributed by atoms with E-state index in [2.05, 4.69) is 40.8 Å². The fourth-order valence-electron chi connectivity index (χ4n) is 2.12. The van der Waals surface area contributed by atoms with Crippen molar-refractivity contribution < 1.29 is 0 Å². The van der Waals surface area contributed by atoms with E-state index in [-0.39, 0.29) is 0 Å². The van der Waals surface area contributed by atoms with Crippen LogP contribution < -0.4 is 0 Å². The molecule has 0 unspecified atom stereocenters. The molecule has 5 heteroatoms. The SMILES string of the molecule is Cc1cc2nc(CN(CCCl)CCCl)[nH]c2cc1C. The first-order valence-corrected chi connectivity index (χ1v) is 7.51. The van der Waals surface area contributed by atoms with E-state index in [9.17, 15) is 0 Å². The maximum Gasteiger partial charge on any atom is 0.121 e. The molecule has 0 aliphatic carbocycles. The summed E-state index contributed by atoms with van der Waals surface area (Å²) >= 11 is 11.6. The predicted molar refractivity (Wildman–Crippen MR) is 82.3 cm³/mol. The Labute approximate surface area is 123 Å². The third-order valence-electron chi connectivity index (χ3n) is 3.32. The average molecular weight is 300 g/mol. The Morgan fingerprint density at radius 3 is 2.37 bits per heavy atom. The molecule has 1 aromatic heterocycles. The van der Waals surface area contributed by atoms with Crippen LogP contribution in [0.25, 0.3) is 11.0 Å². The Bertz CT molecular complexity index is 506. The number of nitrogens with one attached hydrogen (secondary N) is 1. The van der Waals surface area contributed by atoms with Gasteiger partial charge in [0.05, 0.1) is 17.6 Å². The normalized spacial score (nSPS) is 11.6. The van der Waals surface area contributed by atoms with Crippen LogP contribution in [0.15, 0.2) is 12.1 Å². The Hall–Kier alpha value is -0.770. The molecule has 104 valence electrons. The first-order chi connectivity index (χ1) is 9.13. The predicted octanol–water partition coefficient (Wildman–Crippen LogP) is 3.46. The topological polar surface area (TPSA) is 31.9 Å². The van der Waals surface area contributed by atoms with Crippen LogP contribution in [0.3, 0.4) is 0 Å². The van der Waals surface area contributed by atoms with Gasteiger partial charge in [-0.2, -0.15) is 0 Å². The lowest BCUT2D eigenvalue weighted by molar-refractivity contribution is 0.293. The lowest BCUT2D eigenvalue weighted by atomic mass is 10.1. The smallest absolute Gasteiger partial charge is 0.121 e. The number of hydrogen-bond acceptors (Lipinski definition) is 2. The highest BCUT2D eigenvalue weighted by molar-refractivity contribution is 6.18. The second kappa shape index (κ2) is 6.60. The van der Waals surface area contributed by atoms with Gasteiger partial charge in [0.1, 0.15) is 5.82 Å². The molecule has 3 nitrogen and oxygen atoms in total. The molecule has 1 aromatic carbocycles. The van der Waals surface area contributed by atoms with Crippen LogP contribution in [-0.2, 0) is 6.54 Å². The number of rotatable bonds is 6. The number of aromatic amines is 1. The molecular weight excluding hydrogens is 281 g/mol. The van der Waals surface area contributed by atoms with Gasteiger partial charge in [0.2, 0.25) is 0 Å². The van der Waals surface area contributed by atoms with E-state index in [1.807, 2.05) is 0 Å². The van der Waals surface area contributed by atoms with Crippen molar-refractivity contribution in [1.82, 2.24) is 14.9 Å². The van der Waals surface area contributed by atoms with Crippen molar-refractivity contribution in [3.05, 3.63) is 29.1 Å². The Morgan fingerprint density at radius 1 is 1.11 bits per heavy atom. The zero-order valence-corrected chi connectivity index (χ0v) is 12.9. The lowest BCUT2D eigenvalue weighted by Crippen LogP contribution is -2.27. The maximum atomic E-state index is 5.80. The molecule has 0 saturated carbocycles. The van der Waals surface area contributed by atoms with Crippen molar-refractivity contribution in [3.63, 3.8) is 0 Å². The fraction of sp³-hybridized carbons (Fsp3) is 0.500. The van der Waals surface area contributed by atoms with Crippen molar-refractivity contribution >= 4 is 34.2 Å². The van der Waals surface area contributed by atoms with E-state index in [1.54, 1.807) is 0 Å². The quantitative estimate of drug-likeness (QED) is 0.829. The van der Waals surface area contributed by atoms with E-state index in [1.165, 1.54) is 11.1 Å². The van der Waals surface area contributed by atoms with Crippen LogP contribution in [0.4, 0.5) is 0 Å². The van der Waals surface area contributed by atoms with Crippen LogP contribution in [0.1, 0.15) is 17.0 Å². The zero-order chi connectivity index (χ0) is 13.8. The Morgan fingerprint density at radius 2 is 1.74 bits per heavy atom. The van der Waals surface area contributed by atoms with Crippen LogP contribution in [0.5, 0.6) is 0 Å². The highest BCUT2D eigenvalue weighted by atomic mass is 35.5. The number of H-pyrrole nitrogens is 1. The largest absolute Gasteiger partial charge is 0.341 e. The number of nitrogens with zero attached hydrogens (tertiary/aromatic N) is 2. The van der Waals surface area contributed by atoms with E-state index >= 15 is 0 Å². The molecule has 0 bridgehead atoms. The van der Waals surface area contributed by atoms with E-state index in [0.717, 1.165) is 36.5 Å². The Balaban J connectivity index is 2.20. The number of benzene rings is 1. The minimum atomic E-state index is 0.606. The van der Waals surface area contributed by atoms with Gasteiger partial charge < -0.3 is 4.98 Å². The van der Waals surface area contributed by atoms with Crippen molar-refractivity contribution in [2.24, 2.45) is 0 Å². The van der Waals surface area contributed by atoms with Crippen molar-refractivity contribution in [2.75, 3.05) is 24.8 Å². The molecule has 0 fully saturated rings. The van der Waals surface area contributed by atoms with Crippen LogP contribution in [0.2, 0.25) is 0 Å². The number of alkyl halides is 2. The molecule has 19 heavy (non-hydrogen) atoms. The summed E-state index contributed by atoms with van der Waals surface area (Å²) in [7, 11) is 0. The van der Waals surface area contributed by atoms with Gasteiger partial charge in [0, 0.05) is 24.8 Å². The highest BCUT2D eigenvalue weighted by Gasteiger charge is 2.09. The van der Waals surface area contributed by atoms with Gasteiger partial charge in [0.25, 0.3) is 0 Å². The first-order valence-electron chi connectivity index (χ1n) is 6.44. The van der Waals surface area contributed by atoms with Gasteiger partial charge in [-0.25, -0.2) is 4.98 Å². The molecular formula is C14H19Cl2N3. The maximum absolute atomic E-state index is 5.80. The summed E-state index contributed by atoms with van der Waals surface area (Å²) in [6.45, 7) is 6.62. The standard InChI is InChI=1S/C14H19Cl2N3/c1-10-7-12-13(8-11(10)2)18-14(17-12)9-19(5-3-15)6-4-16/h7-8H,3-6,9H2,1-2H3,(H,17,18). The third-order valence-corrected chi connectivity index (χ3v) is 3.66. The second-order valence-electron chi connectivity index (χ2n) is 4.79. The van der Waals surface area contributed by atoms with E-state index < -0.39 is 0 Å². The molecule has 0 saturated heterocycles. The van der Waals surface area contributed by atoms with E-state index in [4.69, 9.17) is 23.2 Å². The van der Waals surface area contributed by atoms with Crippen molar-refractivity contribution in [3.8, 4) is 0 Å². The minimum absolute atomic E-state index is 0.606. The van der Waals surface area contributed by atoms with Gasteiger partial charge >= 0.3 is 0 Å². The number of aryl methyl sites for hydroxylation is 2. The van der Waals surface area contributed by atoms with Gasteiger partial charge in [-0.3, -0.25) is 4.90 Å². The summed E-state index contributed by atoms with van der Waals surface area (Å²) in [4.78, 5) is 10.2. The van der Waals surface area contributed by atoms with Crippen molar-refractivity contribution in [2.45, 2.75) is 20.4 Å². The molecule has 0 amide bonds. The molecule has 0 atom stereocenters. The summed E-state index contributed by atoms with van der Waals surface area (Å²) in [5, 5.41) is 0. The number of imidazole rings is 1. The number of fused-ring (bicyclic) bond motifs is 1. The van der Waals surface area contributed by atoms with Crippen molar-refractivity contribution in [1.29, 1.82) is 0 Å². The molecule has 0 aliphatic rings. The summed E-state index contributed by atoms with van der Waals surface area (Å²) in [6.07, 6.45) is 0. The molecule has 1 N–H and O–H groups in total. The molecule has 2 rings (SSSR count). The summed E-state index contributed by atoms with van der Waals surface area (Å²) in [5.41, 5.74) is 4.66.